The predicted molar refractivity (Wildman–Crippen MR) is 106 cm³/mol. The predicted octanol–water partition coefficient (Wildman–Crippen LogP) is 1.28. The maximum Gasteiger partial charge on any atom is 0.343 e. The maximum absolute atomic E-state index is 13.9. The SMILES string of the molecule is C[N+]1(C)[C@@H]2CC[C@H]1C[C@@H](OC(=O)[C@](O)(c1ccc(Cl)cc1)[C@@H]1CCC(F)(F)C1)C2.[Br-]. The summed E-state index contributed by atoms with van der Waals surface area (Å²) in [5.41, 5.74) is -1.82. The van der Waals surface area contributed by atoms with Crippen LogP contribution in [0.25, 0.3) is 0 Å². The average Bonchev–Trinajstić information content (AvgIpc) is 3.04. The number of esters is 1. The van der Waals surface area contributed by atoms with Gasteiger partial charge in [-0.15, -0.1) is 0 Å². The van der Waals surface area contributed by atoms with Crippen molar-refractivity contribution in [2.24, 2.45) is 5.92 Å². The number of rotatable bonds is 4. The van der Waals surface area contributed by atoms with E-state index in [2.05, 4.69) is 14.1 Å². The van der Waals surface area contributed by atoms with Crippen LogP contribution in [-0.2, 0) is 15.1 Å². The molecule has 3 aliphatic rings. The van der Waals surface area contributed by atoms with Gasteiger partial charge in [0.05, 0.1) is 26.2 Å². The first-order chi connectivity index (χ1) is 13.5. The topological polar surface area (TPSA) is 46.5 Å². The van der Waals surface area contributed by atoms with Gasteiger partial charge >= 0.3 is 5.97 Å². The van der Waals surface area contributed by atoms with Gasteiger partial charge in [0.2, 0.25) is 5.92 Å². The van der Waals surface area contributed by atoms with Crippen molar-refractivity contribution in [2.45, 2.75) is 74.7 Å². The summed E-state index contributed by atoms with van der Waals surface area (Å²) in [6, 6.07) is 7.03. The van der Waals surface area contributed by atoms with Gasteiger partial charge in [-0.25, -0.2) is 13.6 Å². The first-order valence-corrected chi connectivity index (χ1v) is 10.8. The molecule has 2 saturated heterocycles. The van der Waals surface area contributed by atoms with Crippen LogP contribution in [-0.4, -0.2) is 53.8 Å². The van der Waals surface area contributed by atoms with Crippen molar-refractivity contribution < 1.29 is 44.9 Å². The number of fused-ring (bicyclic) bond motifs is 2. The third-order valence-electron chi connectivity index (χ3n) is 7.65. The molecule has 1 N–H and O–H groups in total. The largest absolute Gasteiger partial charge is 1.00 e. The number of benzene rings is 1. The highest BCUT2D eigenvalue weighted by Gasteiger charge is 2.56. The molecule has 5 atom stereocenters. The molecule has 1 aromatic rings. The van der Waals surface area contributed by atoms with E-state index in [1.165, 1.54) is 12.1 Å². The fourth-order valence-electron chi connectivity index (χ4n) is 5.70. The molecule has 2 aliphatic heterocycles. The number of hydrogen-bond donors (Lipinski definition) is 1. The Morgan fingerprint density at radius 3 is 2.23 bits per heavy atom. The molecule has 4 nitrogen and oxygen atoms in total. The van der Waals surface area contributed by atoms with Crippen LogP contribution in [0.4, 0.5) is 8.78 Å². The molecule has 1 saturated carbocycles. The quantitative estimate of drug-likeness (QED) is 0.492. The molecule has 2 heterocycles. The highest BCUT2D eigenvalue weighted by atomic mass is 79.9. The Morgan fingerprint density at radius 2 is 1.73 bits per heavy atom. The van der Waals surface area contributed by atoms with E-state index in [9.17, 15) is 18.7 Å². The number of quaternary nitrogens is 1. The van der Waals surface area contributed by atoms with Gasteiger partial charge < -0.3 is 31.3 Å². The summed E-state index contributed by atoms with van der Waals surface area (Å²) in [6.07, 6.45) is 2.61. The Morgan fingerprint density at radius 1 is 1.17 bits per heavy atom. The number of aliphatic hydroxyl groups is 1. The molecule has 0 unspecified atom stereocenters. The van der Waals surface area contributed by atoms with E-state index < -0.39 is 29.8 Å². The molecular formula is C22H29BrClF2NO3. The summed E-state index contributed by atoms with van der Waals surface area (Å²) in [7, 11) is 4.43. The van der Waals surface area contributed by atoms with Gasteiger partial charge in [-0.1, -0.05) is 23.7 Å². The molecule has 4 rings (SSSR count). The Kier molecular flexibility index (Phi) is 6.61. The maximum atomic E-state index is 13.9. The zero-order valence-corrected chi connectivity index (χ0v) is 19.6. The lowest BCUT2D eigenvalue weighted by atomic mass is 9.80. The van der Waals surface area contributed by atoms with Crippen molar-refractivity contribution in [1.82, 2.24) is 0 Å². The van der Waals surface area contributed by atoms with Gasteiger partial charge in [-0.2, -0.15) is 0 Å². The lowest BCUT2D eigenvalue weighted by molar-refractivity contribution is -0.931. The van der Waals surface area contributed by atoms with E-state index in [-0.39, 0.29) is 41.5 Å². The summed E-state index contributed by atoms with van der Waals surface area (Å²) in [5.74, 6) is -4.57. The van der Waals surface area contributed by atoms with Crippen LogP contribution in [0.15, 0.2) is 24.3 Å². The number of nitrogens with zero attached hydrogens (tertiary/aromatic N) is 1. The molecule has 30 heavy (non-hydrogen) atoms. The van der Waals surface area contributed by atoms with E-state index in [0.717, 1.165) is 30.2 Å². The van der Waals surface area contributed by atoms with Crippen molar-refractivity contribution in [3.8, 4) is 0 Å². The van der Waals surface area contributed by atoms with Crippen molar-refractivity contribution in [1.29, 1.82) is 0 Å². The van der Waals surface area contributed by atoms with E-state index in [4.69, 9.17) is 16.3 Å². The Hall–Kier alpha value is -0.760. The number of carbonyl (C=O) groups is 1. The molecule has 1 aliphatic carbocycles. The molecule has 0 spiro atoms. The van der Waals surface area contributed by atoms with Crippen molar-refractivity contribution in [3.05, 3.63) is 34.9 Å². The first kappa shape index (κ1) is 23.9. The Labute approximate surface area is 191 Å². The number of alkyl halides is 2. The van der Waals surface area contributed by atoms with E-state index >= 15 is 0 Å². The second-order valence-electron chi connectivity index (χ2n) is 9.58. The molecule has 0 amide bonds. The van der Waals surface area contributed by atoms with Crippen molar-refractivity contribution >= 4 is 17.6 Å². The normalized spacial score (nSPS) is 33.4. The molecule has 1 aromatic carbocycles. The number of piperidine rings is 1. The molecule has 0 radical (unpaired) electrons. The Balaban J connectivity index is 0.00000256. The van der Waals surface area contributed by atoms with Crippen LogP contribution >= 0.6 is 11.6 Å². The molecule has 3 fully saturated rings. The minimum Gasteiger partial charge on any atom is -1.00 e. The van der Waals surface area contributed by atoms with E-state index in [0.29, 0.717) is 17.1 Å². The molecule has 8 heteroatoms. The average molecular weight is 509 g/mol. The van der Waals surface area contributed by atoms with Crippen molar-refractivity contribution in [2.75, 3.05) is 14.1 Å². The van der Waals surface area contributed by atoms with Crippen LogP contribution < -0.4 is 17.0 Å². The first-order valence-electron chi connectivity index (χ1n) is 10.4. The lowest BCUT2D eigenvalue weighted by Gasteiger charge is -2.44. The summed E-state index contributed by atoms with van der Waals surface area (Å²) in [4.78, 5) is 13.3. The van der Waals surface area contributed by atoms with Crippen LogP contribution in [0.3, 0.4) is 0 Å². The van der Waals surface area contributed by atoms with E-state index in [1.54, 1.807) is 12.1 Å². The van der Waals surface area contributed by atoms with Gasteiger partial charge in [0, 0.05) is 49.5 Å². The fraction of sp³-hybridized carbons (Fsp3) is 0.682. The third kappa shape index (κ3) is 4.15. The van der Waals surface area contributed by atoms with Gasteiger partial charge in [0.25, 0.3) is 0 Å². The number of ether oxygens (including phenoxy) is 1. The Bertz CT molecular complexity index is 775. The fourth-order valence-corrected chi connectivity index (χ4v) is 5.82. The monoisotopic (exact) mass is 507 g/mol. The zero-order chi connectivity index (χ0) is 21.0. The van der Waals surface area contributed by atoms with Gasteiger partial charge in [-0.3, -0.25) is 0 Å². The van der Waals surface area contributed by atoms with Gasteiger partial charge in [-0.05, 0) is 24.1 Å². The molecule has 168 valence electrons. The van der Waals surface area contributed by atoms with Crippen LogP contribution in [0.1, 0.15) is 50.5 Å². The standard InChI is InChI=1S/C22H29ClF2NO3.BrH/c1-26(2)17-7-8-18(26)12-19(11-17)29-20(27)22(28,14-3-5-16(23)6-4-14)15-9-10-21(24,25)13-15;/h3-6,15,17-19,28H,7-13H2,1-2H3;1H/q+1;/p-1/t15-,17-,18+,19+,22+;/m1./s1. The zero-order valence-electron chi connectivity index (χ0n) is 17.3. The molecule has 0 aromatic heterocycles. The molecule has 2 bridgehead atoms. The highest BCUT2D eigenvalue weighted by molar-refractivity contribution is 6.30. The second kappa shape index (κ2) is 8.30. The second-order valence-corrected chi connectivity index (χ2v) is 10.0. The van der Waals surface area contributed by atoms with Gasteiger partial charge in [0.15, 0.2) is 5.60 Å². The van der Waals surface area contributed by atoms with Crippen molar-refractivity contribution in [3.63, 3.8) is 0 Å². The number of hydrogen-bond acceptors (Lipinski definition) is 3. The summed E-state index contributed by atoms with van der Waals surface area (Å²) >= 11 is 5.95. The number of halogens is 4. The lowest BCUT2D eigenvalue weighted by Crippen LogP contribution is -3.00. The number of carbonyl (C=O) groups excluding carboxylic acids is 1. The summed E-state index contributed by atoms with van der Waals surface area (Å²) in [5, 5.41) is 11.9. The smallest absolute Gasteiger partial charge is 0.343 e. The summed E-state index contributed by atoms with van der Waals surface area (Å²) in [6.45, 7) is 0. The molecular weight excluding hydrogens is 480 g/mol. The van der Waals surface area contributed by atoms with Crippen LogP contribution in [0, 0.1) is 5.92 Å². The van der Waals surface area contributed by atoms with Crippen LogP contribution in [0.2, 0.25) is 5.02 Å². The minimum atomic E-state index is -2.88. The minimum absolute atomic E-state index is 0. The van der Waals surface area contributed by atoms with Crippen LogP contribution in [0.5, 0.6) is 0 Å². The van der Waals surface area contributed by atoms with E-state index in [1.807, 2.05) is 0 Å². The highest BCUT2D eigenvalue weighted by Crippen LogP contribution is 2.49. The summed E-state index contributed by atoms with van der Waals surface area (Å²) < 4.78 is 34.6. The van der Waals surface area contributed by atoms with Gasteiger partial charge in [0.1, 0.15) is 6.10 Å². The third-order valence-corrected chi connectivity index (χ3v) is 7.90.